The van der Waals surface area contributed by atoms with Crippen molar-refractivity contribution in [3.8, 4) is 5.75 Å². The Kier molecular flexibility index (Phi) is 7.71. The first-order valence-corrected chi connectivity index (χ1v) is 8.53. The van der Waals surface area contributed by atoms with Crippen LogP contribution >= 0.6 is 0 Å². The lowest BCUT2D eigenvalue weighted by Crippen LogP contribution is -2.49. The molecule has 0 aliphatic carbocycles. The van der Waals surface area contributed by atoms with Gasteiger partial charge in [-0.2, -0.15) is 0 Å². The summed E-state index contributed by atoms with van der Waals surface area (Å²) in [5.41, 5.74) is 2.99. The first-order valence-electron chi connectivity index (χ1n) is 8.53. The van der Waals surface area contributed by atoms with Crippen molar-refractivity contribution in [3.63, 3.8) is 0 Å². The highest BCUT2D eigenvalue weighted by Gasteiger charge is 2.31. The second-order valence-corrected chi connectivity index (χ2v) is 6.14. The molecule has 0 bridgehead atoms. The number of ether oxygens (including phenoxy) is 1. The lowest BCUT2D eigenvalue weighted by molar-refractivity contribution is -0.274. The first kappa shape index (κ1) is 22.1. The van der Waals surface area contributed by atoms with E-state index in [1.807, 2.05) is 52.9 Å². The Hall–Kier alpha value is -1.99. The van der Waals surface area contributed by atoms with Gasteiger partial charge in [-0.05, 0) is 49.9 Å². The van der Waals surface area contributed by atoms with E-state index < -0.39 is 6.36 Å². The first-order chi connectivity index (χ1) is 12.1. The fourth-order valence-corrected chi connectivity index (χ4v) is 2.92. The number of nitrogens with two attached hydrogens (primary N) is 1. The van der Waals surface area contributed by atoms with Crippen LogP contribution in [-0.2, 0) is 0 Å². The number of benzene rings is 1. The van der Waals surface area contributed by atoms with Gasteiger partial charge in [0, 0.05) is 12.1 Å². The molecular weight excluding hydrogens is 343 g/mol. The van der Waals surface area contributed by atoms with E-state index in [0.717, 1.165) is 16.7 Å². The lowest BCUT2D eigenvalue weighted by atomic mass is 9.88. The van der Waals surface area contributed by atoms with Crippen LogP contribution < -0.4 is 10.6 Å². The van der Waals surface area contributed by atoms with Gasteiger partial charge in [-0.1, -0.05) is 39.0 Å². The van der Waals surface area contributed by atoms with Crippen molar-refractivity contribution in [2.75, 3.05) is 14.1 Å². The Morgan fingerprint density at radius 1 is 1.15 bits per heavy atom. The molecule has 0 fully saturated rings. The summed E-state index contributed by atoms with van der Waals surface area (Å²) in [4.78, 5) is 1.99. The molecule has 7 heteroatoms. The molecule has 26 heavy (non-hydrogen) atoms. The maximum Gasteiger partial charge on any atom is 0.573 e. The van der Waals surface area contributed by atoms with E-state index in [1.165, 1.54) is 12.1 Å². The Bertz CT molecular complexity index is 636. The van der Waals surface area contributed by atoms with Crippen LogP contribution in [0, 0.1) is 0 Å². The maximum absolute atomic E-state index is 12.3. The summed E-state index contributed by atoms with van der Waals surface area (Å²) in [6, 6.07) is 5.95. The molecule has 1 aliphatic heterocycles. The molecule has 1 aromatic rings. The number of rotatable bonds is 4. The SMILES string of the molecule is CC.CC1=CN(N)C(N(C)C)C(C(C)c2ccc(OC(F)(F)F)cc2)=C1. The molecular formula is C19H28F3N3O. The van der Waals surface area contributed by atoms with E-state index in [2.05, 4.69) is 10.8 Å². The maximum atomic E-state index is 12.3. The van der Waals surface area contributed by atoms with Crippen LogP contribution in [0.3, 0.4) is 0 Å². The van der Waals surface area contributed by atoms with Crippen LogP contribution in [0.25, 0.3) is 0 Å². The minimum atomic E-state index is -4.68. The number of hydrogen-bond donors (Lipinski definition) is 1. The number of nitrogens with zero attached hydrogens (tertiary/aromatic N) is 2. The second kappa shape index (κ2) is 9.09. The van der Waals surface area contributed by atoms with Crippen LogP contribution in [0.5, 0.6) is 5.75 Å². The third-order valence-corrected chi connectivity index (χ3v) is 3.93. The van der Waals surface area contributed by atoms with Gasteiger partial charge in [0.1, 0.15) is 11.9 Å². The van der Waals surface area contributed by atoms with Gasteiger partial charge in [0.15, 0.2) is 0 Å². The average Bonchev–Trinajstić information content (AvgIpc) is 2.54. The van der Waals surface area contributed by atoms with E-state index in [1.54, 1.807) is 17.1 Å². The highest BCUT2D eigenvalue weighted by Crippen LogP contribution is 2.33. The molecule has 0 saturated heterocycles. The Morgan fingerprint density at radius 3 is 2.15 bits per heavy atom. The van der Waals surface area contributed by atoms with Crippen molar-refractivity contribution in [2.24, 2.45) is 5.84 Å². The Labute approximate surface area is 153 Å². The van der Waals surface area contributed by atoms with E-state index in [0.29, 0.717) is 0 Å². The summed E-state index contributed by atoms with van der Waals surface area (Å²) in [5.74, 6) is 5.87. The molecule has 0 saturated carbocycles. The summed E-state index contributed by atoms with van der Waals surface area (Å²) >= 11 is 0. The molecule has 2 atom stereocenters. The van der Waals surface area contributed by atoms with Gasteiger partial charge in [-0.25, -0.2) is 5.84 Å². The number of hydrogen-bond acceptors (Lipinski definition) is 4. The second-order valence-electron chi connectivity index (χ2n) is 6.14. The molecule has 0 amide bonds. The zero-order valence-electron chi connectivity index (χ0n) is 16.1. The minimum absolute atomic E-state index is 0.00737. The highest BCUT2D eigenvalue weighted by atomic mass is 19.4. The van der Waals surface area contributed by atoms with Gasteiger partial charge >= 0.3 is 6.36 Å². The number of likely N-dealkylation sites (N-methyl/N-ethyl adjacent to an activating group) is 1. The van der Waals surface area contributed by atoms with Crippen LogP contribution in [0.15, 0.2) is 47.7 Å². The molecule has 1 heterocycles. The van der Waals surface area contributed by atoms with Gasteiger partial charge in [0.25, 0.3) is 0 Å². The zero-order chi connectivity index (χ0) is 20.1. The standard InChI is InChI=1S/C17H22F3N3O.C2H6/c1-11-9-15(16(22(3)4)23(21)10-11)12(2)13-5-7-14(8-6-13)24-17(18,19)20;1-2/h5-10,12,16H,21H2,1-4H3;1-2H3. The number of hydrazine groups is 1. The summed E-state index contributed by atoms with van der Waals surface area (Å²) < 4.78 is 40.7. The van der Waals surface area contributed by atoms with Gasteiger partial charge < -0.3 is 4.74 Å². The summed E-state index contributed by atoms with van der Waals surface area (Å²) in [7, 11) is 3.86. The van der Waals surface area contributed by atoms with Gasteiger partial charge in [-0.15, -0.1) is 13.2 Å². The van der Waals surface area contributed by atoms with Crippen LogP contribution in [-0.4, -0.2) is 36.5 Å². The molecule has 0 aromatic heterocycles. The van der Waals surface area contributed by atoms with Crippen LogP contribution in [0.2, 0.25) is 0 Å². The van der Waals surface area contributed by atoms with Gasteiger partial charge in [-0.3, -0.25) is 9.91 Å². The summed E-state index contributed by atoms with van der Waals surface area (Å²) in [6.45, 7) is 7.97. The number of allylic oxidation sites excluding steroid dienone is 2. The molecule has 0 spiro atoms. The molecule has 146 valence electrons. The molecule has 2 rings (SSSR count). The molecule has 1 aromatic carbocycles. The third kappa shape index (κ3) is 5.78. The fraction of sp³-hybridized carbons (Fsp3) is 0.474. The smallest absolute Gasteiger partial charge is 0.406 e. The monoisotopic (exact) mass is 371 g/mol. The van der Waals surface area contributed by atoms with E-state index in [9.17, 15) is 13.2 Å². The predicted octanol–water partition coefficient (Wildman–Crippen LogP) is 4.62. The Balaban J connectivity index is 0.00000163. The quantitative estimate of drug-likeness (QED) is 0.784. The van der Waals surface area contributed by atoms with Crippen molar-refractivity contribution in [1.29, 1.82) is 0 Å². The average molecular weight is 371 g/mol. The number of halogens is 3. The third-order valence-electron chi connectivity index (χ3n) is 3.93. The normalized spacial score (nSPS) is 18.6. The summed E-state index contributed by atoms with van der Waals surface area (Å²) in [5, 5.41) is 1.64. The largest absolute Gasteiger partial charge is 0.573 e. The van der Waals surface area contributed by atoms with E-state index >= 15 is 0 Å². The molecule has 1 aliphatic rings. The lowest BCUT2D eigenvalue weighted by Gasteiger charge is -2.39. The minimum Gasteiger partial charge on any atom is -0.406 e. The Morgan fingerprint density at radius 2 is 1.69 bits per heavy atom. The van der Waals surface area contributed by atoms with Crippen molar-refractivity contribution in [2.45, 2.75) is 46.1 Å². The zero-order valence-corrected chi connectivity index (χ0v) is 16.1. The molecule has 4 nitrogen and oxygen atoms in total. The predicted molar refractivity (Wildman–Crippen MR) is 98.2 cm³/mol. The van der Waals surface area contributed by atoms with Crippen LogP contribution in [0.1, 0.15) is 39.2 Å². The van der Waals surface area contributed by atoms with E-state index in [-0.39, 0.29) is 17.8 Å². The number of alkyl halides is 3. The van der Waals surface area contributed by atoms with Crippen molar-refractivity contribution in [3.05, 3.63) is 53.3 Å². The highest BCUT2D eigenvalue weighted by molar-refractivity contribution is 5.39. The summed E-state index contributed by atoms with van der Waals surface area (Å²) in [6.07, 6.45) is -0.869. The van der Waals surface area contributed by atoms with E-state index in [4.69, 9.17) is 5.84 Å². The molecule has 2 unspecified atom stereocenters. The van der Waals surface area contributed by atoms with Crippen molar-refractivity contribution >= 4 is 0 Å². The fourth-order valence-electron chi connectivity index (χ4n) is 2.92. The van der Waals surface area contributed by atoms with Crippen molar-refractivity contribution < 1.29 is 17.9 Å². The topological polar surface area (TPSA) is 41.7 Å². The molecule has 0 radical (unpaired) electrons. The van der Waals surface area contributed by atoms with Gasteiger partial charge in [0.05, 0.1) is 0 Å². The van der Waals surface area contributed by atoms with Gasteiger partial charge in [0.2, 0.25) is 0 Å². The van der Waals surface area contributed by atoms with Crippen LogP contribution in [0.4, 0.5) is 13.2 Å². The molecule has 2 N–H and O–H groups in total. The van der Waals surface area contributed by atoms with Crippen molar-refractivity contribution in [1.82, 2.24) is 9.91 Å².